The second-order valence-electron chi connectivity index (χ2n) is 5.98. The molecule has 2 unspecified atom stereocenters. The van der Waals surface area contributed by atoms with E-state index in [0.29, 0.717) is 19.6 Å². The molecule has 24 heavy (non-hydrogen) atoms. The maximum atomic E-state index is 12.2. The number of hydrogen-bond acceptors (Lipinski definition) is 4. The summed E-state index contributed by atoms with van der Waals surface area (Å²) in [6, 6.07) is -0.139. The van der Waals surface area contributed by atoms with Gasteiger partial charge in [0.1, 0.15) is 0 Å². The van der Waals surface area contributed by atoms with E-state index in [1.165, 1.54) is 4.90 Å². The van der Waals surface area contributed by atoms with E-state index in [9.17, 15) is 22.8 Å². The third-order valence-corrected chi connectivity index (χ3v) is 4.89. The Hall–Kier alpha value is -0.670. The van der Waals surface area contributed by atoms with Crippen LogP contribution in [0.5, 0.6) is 0 Å². The van der Waals surface area contributed by atoms with Crippen molar-refractivity contribution in [1.29, 1.82) is 0 Å². The van der Waals surface area contributed by atoms with Gasteiger partial charge in [-0.2, -0.15) is 13.2 Å². The maximum Gasteiger partial charge on any atom is 0.442 e. The fourth-order valence-corrected chi connectivity index (χ4v) is 3.44. The lowest BCUT2D eigenvalue weighted by molar-refractivity contribution is -0.130. The molecule has 10 heteroatoms. The Labute approximate surface area is 149 Å². The molecule has 2 atom stereocenters. The number of piperidine rings is 1. The normalized spacial score (nSPS) is 24.4. The number of rotatable bonds is 5. The second kappa shape index (κ2) is 9.72. The van der Waals surface area contributed by atoms with Gasteiger partial charge >= 0.3 is 5.51 Å². The van der Waals surface area contributed by atoms with Crippen LogP contribution in [0.25, 0.3) is 0 Å². The zero-order chi connectivity index (χ0) is 16.9. The van der Waals surface area contributed by atoms with E-state index >= 15 is 0 Å². The molecule has 0 aromatic carbocycles. The number of nitrogens with zero attached hydrogens (tertiary/aromatic N) is 1. The summed E-state index contributed by atoms with van der Waals surface area (Å²) >= 11 is -0.298. The molecule has 5 nitrogen and oxygen atoms in total. The number of thioether (sulfide) groups is 1. The van der Waals surface area contributed by atoms with Gasteiger partial charge in [0, 0.05) is 19.6 Å². The number of carbonyl (C=O) groups excluding carboxylic acids is 2. The Morgan fingerprint density at radius 2 is 2.00 bits per heavy atom. The minimum absolute atomic E-state index is 0. The van der Waals surface area contributed by atoms with Gasteiger partial charge in [0.05, 0.1) is 11.8 Å². The Bertz CT molecular complexity index is 434. The highest BCUT2D eigenvalue weighted by Crippen LogP contribution is 2.30. The fourth-order valence-electron chi connectivity index (χ4n) is 2.97. The van der Waals surface area contributed by atoms with E-state index in [2.05, 4.69) is 10.6 Å². The van der Waals surface area contributed by atoms with Gasteiger partial charge in [-0.3, -0.25) is 9.59 Å². The van der Waals surface area contributed by atoms with Crippen LogP contribution in [0, 0.1) is 5.92 Å². The first-order chi connectivity index (χ1) is 10.8. The number of likely N-dealkylation sites (tertiary alicyclic amines) is 1. The molecule has 2 heterocycles. The first-order valence-corrected chi connectivity index (χ1v) is 8.83. The third-order valence-electron chi connectivity index (χ3n) is 4.17. The van der Waals surface area contributed by atoms with Crippen LogP contribution in [0.15, 0.2) is 0 Å². The van der Waals surface area contributed by atoms with E-state index in [1.54, 1.807) is 0 Å². The van der Waals surface area contributed by atoms with E-state index in [-0.39, 0.29) is 42.0 Å². The monoisotopic (exact) mass is 389 g/mol. The minimum Gasteiger partial charge on any atom is -0.354 e. The van der Waals surface area contributed by atoms with Gasteiger partial charge in [-0.05, 0) is 49.9 Å². The molecule has 2 amide bonds. The number of alkyl halides is 3. The predicted octanol–water partition coefficient (Wildman–Crippen LogP) is 1.77. The molecule has 0 radical (unpaired) electrons. The summed E-state index contributed by atoms with van der Waals surface area (Å²) < 4.78 is 36.5. The topological polar surface area (TPSA) is 61.4 Å². The average Bonchev–Trinajstić information content (AvgIpc) is 3.04. The molecule has 2 N–H and O–H groups in total. The number of halogens is 4. The number of hydrogen-bond donors (Lipinski definition) is 2. The van der Waals surface area contributed by atoms with Crippen LogP contribution in [0.2, 0.25) is 0 Å². The van der Waals surface area contributed by atoms with Crippen molar-refractivity contribution in [2.75, 3.05) is 31.9 Å². The Kier molecular flexibility index (Phi) is 8.66. The summed E-state index contributed by atoms with van der Waals surface area (Å²) in [5, 5.41) is 6.00. The van der Waals surface area contributed by atoms with Crippen molar-refractivity contribution in [2.45, 2.75) is 37.2 Å². The molecule has 0 spiro atoms. The molecule has 0 aliphatic carbocycles. The van der Waals surface area contributed by atoms with Gasteiger partial charge in [0.2, 0.25) is 11.8 Å². The van der Waals surface area contributed by atoms with Crippen molar-refractivity contribution >= 4 is 36.0 Å². The van der Waals surface area contributed by atoms with Crippen molar-refractivity contribution in [3.05, 3.63) is 0 Å². The lowest BCUT2D eigenvalue weighted by Crippen LogP contribution is -2.47. The van der Waals surface area contributed by atoms with Gasteiger partial charge in [-0.15, -0.1) is 12.4 Å². The first-order valence-electron chi connectivity index (χ1n) is 7.85. The van der Waals surface area contributed by atoms with Crippen molar-refractivity contribution in [3.8, 4) is 0 Å². The van der Waals surface area contributed by atoms with Gasteiger partial charge in [0.25, 0.3) is 0 Å². The summed E-state index contributed by atoms with van der Waals surface area (Å²) in [6.07, 6.45) is 3.44. The fraction of sp³-hybridized carbons (Fsp3) is 0.857. The smallest absolute Gasteiger partial charge is 0.354 e. The Morgan fingerprint density at radius 1 is 1.25 bits per heavy atom. The van der Waals surface area contributed by atoms with E-state index in [4.69, 9.17) is 0 Å². The molecule has 0 bridgehead atoms. The predicted molar refractivity (Wildman–Crippen MR) is 89.1 cm³/mol. The maximum absolute atomic E-state index is 12.2. The van der Waals surface area contributed by atoms with Gasteiger partial charge in [-0.1, -0.05) is 0 Å². The number of amides is 2. The molecule has 2 rings (SSSR count). The summed E-state index contributed by atoms with van der Waals surface area (Å²) in [5.74, 6) is -0.984. The van der Waals surface area contributed by atoms with Crippen LogP contribution in [0.1, 0.15) is 25.7 Å². The van der Waals surface area contributed by atoms with E-state index in [0.717, 1.165) is 32.2 Å². The average molecular weight is 390 g/mol. The summed E-state index contributed by atoms with van der Waals surface area (Å²) in [4.78, 5) is 25.3. The van der Waals surface area contributed by atoms with Gasteiger partial charge < -0.3 is 15.5 Å². The molecule has 0 aromatic rings. The summed E-state index contributed by atoms with van der Waals surface area (Å²) in [6.45, 7) is 2.22. The molecule has 0 saturated carbocycles. The highest BCUT2D eigenvalue weighted by molar-refractivity contribution is 8.00. The first kappa shape index (κ1) is 21.4. The van der Waals surface area contributed by atoms with Crippen molar-refractivity contribution in [1.82, 2.24) is 15.5 Å². The van der Waals surface area contributed by atoms with Crippen molar-refractivity contribution < 1.29 is 22.8 Å². The van der Waals surface area contributed by atoms with Gasteiger partial charge in [-0.25, -0.2) is 0 Å². The summed E-state index contributed by atoms with van der Waals surface area (Å²) in [7, 11) is 0. The number of carbonyl (C=O) groups is 2. The third kappa shape index (κ3) is 7.06. The Balaban J connectivity index is 0.00000288. The van der Waals surface area contributed by atoms with Crippen LogP contribution >= 0.6 is 24.2 Å². The van der Waals surface area contributed by atoms with E-state index < -0.39 is 17.2 Å². The largest absolute Gasteiger partial charge is 0.442 e. The van der Waals surface area contributed by atoms with E-state index in [1.807, 2.05) is 0 Å². The number of nitrogens with one attached hydrogen (secondary N) is 2. The molecule has 2 fully saturated rings. The zero-order valence-corrected chi connectivity index (χ0v) is 14.9. The highest BCUT2D eigenvalue weighted by atomic mass is 35.5. The molecule has 0 aromatic heterocycles. The molecular formula is C14H23ClF3N3O2S. The zero-order valence-electron chi connectivity index (χ0n) is 13.2. The second-order valence-corrected chi connectivity index (χ2v) is 7.02. The quantitative estimate of drug-likeness (QED) is 0.752. The standard InChI is InChI=1S/C14H22F3N3O2S.ClH/c15-14(16,17)23-9-12(21)20-6-2-3-10(8-20)7-19-13(22)11-4-1-5-18-11;/h10-11,18H,1-9H2,(H,19,22);1H. The van der Waals surface area contributed by atoms with Crippen LogP contribution in [0.3, 0.4) is 0 Å². The molecular weight excluding hydrogens is 367 g/mol. The lowest BCUT2D eigenvalue weighted by Gasteiger charge is -2.33. The summed E-state index contributed by atoms with van der Waals surface area (Å²) in [5.41, 5.74) is -4.38. The van der Waals surface area contributed by atoms with Gasteiger partial charge in [0.15, 0.2) is 0 Å². The van der Waals surface area contributed by atoms with Crippen LogP contribution in [-0.2, 0) is 9.59 Å². The van der Waals surface area contributed by atoms with Crippen molar-refractivity contribution in [2.24, 2.45) is 5.92 Å². The molecule has 140 valence electrons. The van der Waals surface area contributed by atoms with Crippen molar-refractivity contribution in [3.63, 3.8) is 0 Å². The Morgan fingerprint density at radius 3 is 2.62 bits per heavy atom. The van der Waals surface area contributed by atoms with Crippen LogP contribution < -0.4 is 10.6 Å². The highest BCUT2D eigenvalue weighted by Gasteiger charge is 2.32. The van der Waals surface area contributed by atoms with Crippen LogP contribution in [-0.4, -0.2) is 60.2 Å². The SMILES string of the molecule is Cl.O=C(NCC1CCCN(C(=O)CSC(F)(F)F)C1)C1CCCN1. The van der Waals surface area contributed by atoms with Crippen LogP contribution in [0.4, 0.5) is 13.2 Å². The molecule has 2 aliphatic heterocycles. The molecule has 2 aliphatic rings. The molecule has 2 saturated heterocycles. The minimum atomic E-state index is -4.38. The lowest BCUT2D eigenvalue weighted by atomic mass is 9.98.